The maximum Gasteiger partial charge on any atom is 0.318 e. The van der Waals surface area contributed by atoms with E-state index in [1.54, 1.807) is 12.1 Å². The second kappa shape index (κ2) is 4.63. The summed E-state index contributed by atoms with van der Waals surface area (Å²) in [5.41, 5.74) is 0.547. The first-order chi connectivity index (χ1) is 8.14. The number of ether oxygens (including phenoxy) is 1. The lowest BCUT2D eigenvalue weighted by molar-refractivity contribution is -0.150. The van der Waals surface area contributed by atoms with E-state index in [0.717, 1.165) is 24.1 Å². The van der Waals surface area contributed by atoms with E-state index in [1.807, 2.05) is 0 Å². The van der Waals surface area contributed by atoms with Crippen LogP contribution in [0.2, 0.25) is 5.15 Å². The van der Waals surface area contributed by atoms with Gasteiger partial charge in [0.05, 0.1) is 13.7 Å². The van der Waals surface area contributed by atoms with Crippen LogP contribution in [0.25, 0.3) is 0 Å². The number of nitrogens with zero attached hydrogens (tertiary/aromatic N) is 1. The van der Waals surface area contributed by atoms with Crippen molar-refractivity contribution in [3.05, 3.63) is 28.5 Å². The maximum absolute atomic E-state index is 11.9. The largest absolute Gasteiger partial charge is 0.468 e. The van der Waals surface area contributed by atoms with E-state index in [-0.39, 0.29) is 6.61 Å². The third-order valence-corrected chi connectivity index (χ3v) is 3.53. The molecular weight excluding hydrogens is 242 g/mol. The van der Waals surface area contributed by atoms with Gasteiger partial charge < -0.3 is 9.84 Å². The Morgan fingerprint density at radius 3 is 3.06 bits per heavy atom. The first-order valence-electron chi connectivity index (χ1n) is 5.49. The standard InChI is InChI=1S/C12H14ClNO3/c1-17-11(16)12(7-15)6-2-3-9-8(12)4-5-10(13)14-9/h4-5,15H,2-3,6-7H2,1H3. The molecule has 1 heterocycles. The summed E-state index contributed by atoms with van der Waals surface area (Å²) in [4.78, 5) is 16.1. The minimum Gasteiger partial charge on any atom is -0.468 e. The van der Waals surface area contributed by atoms with E-state index < -0.39 is 11.4 Å². The van der Waals surface area contributed by atoms with Crippen molar-refractivity contribution in [3.63, 3.8) is 0 Å². The Bertz CT molecular complexity index is 449. The maximum atomic E-state index is 11.9. The van der Waals surface area contributed by atoms with Crippen LogP contribution in [-0.4, -0.2) is 29.8 Å². The molecular formula is C12H14ClNO3. The predicted octanol–water partition coefficient (Wildman–Crippen LogP) is 1.47. The molecule has 0 saturated heterocycles. The molecule has 1 unspecified atom stereocenters. The number of hydrogen-bond acceptors (Lipinski definition) is 4. The molecule has 0 aliphatic heterocycles. The molecule has 0 amide bonds. The molecule has 4 nitrogen and oxygen atoms in total. The number of aliphatic hydroxyl groups excluding tert-OH is 1. The van der Waals surface area contributed by atoms with Crippen LogP contribution < -0.4 is 0 Å². The van der Waals surface area contributed by atoms with Crippen molar-refractivity contribution < 1.29 is 14.6 Å². The fourth-order valence-corrected chi connectivity index (χ4v) is 2.59. The van der Waals surface area contributed by atoms with Crippen molar-refractivity contribution in [2.24, 2.45) is 0 Å². The number of pyridine rings is 1. The van der Waals surface area contributed by atoms with Crippen LogP contribution in [0.4, 0.5) is 0 Å². The first kappa shape index (κ1) is 12.3. The highest BCUT2D eigenvalue weighted by atomic mass is 35.5. The first-order valence-corrected chi connectivity index (χ1v) is 5.87. The highest BCUT2D eigenvalue weighted by Gasteiger charge is 2.44. The van der Waals surface area contributed by atoms with Crippen molar-refractivity contribution in [1.82, 2.24) is 4.98 Å². The van der Waals surface area contributed by atoms with E-state index in [4.69, 9.17) is 16.3 Å². The van der Waals surface area contributed by atoms with Gasteiger partial charge in [0.2, 0.25) is 0 Å². The van der Waals surface area contributed by atoms with E-state index in [1.165, 1.54) is 7.11 Å². The Balaban J connectivity index is 2.55. The van der Waals surface area contributed by atoms with Gasteiger partial charge >= 0.3 is 5.97 Å². The normalized spacial score (nSPS) is 23.0. The second-order valence-electron chi connectivity index (χ2n) is 4.21. The molecule has 1 aromatic heterocycles. The second-order valence-corrected chi connectivity index (χ2v) is 4.60. The van der Waals surface area contributed by atoms with Gasteiger partial charge in [-0.25, -0.2) is 4.98 Å². The molecule has 2 rings (SSSR count). The quantitative estimate of drug-likeness (QED) is 0.642. The van der Waals surface area contributed by atoms with Crippen LogP contribution >= 0.6 is 11.6 Å². The van der Waals surface area contributed by atoms with Crippen LogP contribution in [0.1, 0.15) is 24.1 Å². The molecule has 0 fully saturated rings. The van der Waals surface area contributed by atoms with Gasteiger partial charge in [0, 0.05) is 5.69 Å². The summed E-state index contributed by atoms with van der Waals surface area (Å²) < 4.78 is 4.81. The van der Waals surface area contributed by atoms with Crippen molar-refractivity contribution in [2.75, 3.05) is 13.7 Å². The van der Waals surface area contributed by atoms with Crippen molar-refractivity contribution in [3.8, 4) is 0 Å². The van der Waals surface area contributed by atoms with Gasteiger partial charge in [-0.3, -0.25) is 4.79 Å². The van der Waals surface area contributed by atoms with Crippen molar-refractivity contribution in [1.29, 1.82) is 0 Å². The average Bonchev–Trinajstić information content (AvgIpc) is 2.36. The number of aryl methyl sites for hydroxylation is 1. The zero-order valence-electron chi connectivity index (χ0n) is 9.57. The third-order valence-electron chi connectivity index (χ3n) is 3.32. The zero-order chi connectivity index (χ0) is 12.5. The number of esters is 1. The Hall–Kier alpha value is -1.13. The molecule has 92 valence electrons. The summed E-state index contributed by atoms with van der Waals surface area (Å²) in [7, 11) is 1.33. The molecule has 1 aliphatic rings. The van der Waals surface area contributed by atoms with Crippen LogP contribution in [-0.2, 0) is 21.4 Å². The van der Waals surface area contributed by atoms with Crippen LogP contribution in [0.5, 0.6) is 0 Å². The lowest BCUT2D eigenvalue weighted by Gasteiger charge is -2.34. The van der Waals surface area contributed by atoms with Crippen molar-refractivity contribution in [2.45, 2.75) is 24.7 Å². The molecule has 1 aliphatic carbocycles. The van der Waals surface area contributed by atoms with Crippen molar-refractivity contribution >= 4 is 17.6 Å². The Morgan fingerprint density at radius 2 is 2.41 bits per heavy atom. The van der Waals surface area contributed by atoms with E-state index in [9.17, 15) is 9.90 Å². The molecule has 0 radical (unpaired) electrons. The molecule has 0 bridgehead atoms. The Kier molecular flexibility index (Phi) is 3.35. The molecule has 0 saturated carbocycles. The number of fused-ring (bicyclic) bond motifs is 1. The van der Waals surface area contributed by atoms with Gasteiger partial charge in [0.15, 0.2) is 0 Å². The van der Waals surface area contributed by atoms with Crippen LogP contribution in [0.3, 0.4) is 0 Å². The average molecular weight is 256 g/mol. The fourth-order valence-electron chi connectivity index (χ4n) is 2.43. The lowest BCUT2D eigenvalue weighted by atomic mass is 9.72. The summed E-state index contributed by atoms with van der Waals surface area (Å²) in [5.74, 6) is -0.412. The van der Waals surface area contributed by atoms with Gasteiger partial charge in [0.25, 0.3) is 0 Å². The smallest absolute Gasteiger partial charge is 0.318 e. The molecule has 1 atom stereocenters. The number of hydrogen-bond donors (Lipinski definition) is 1. The topological polar surface area (TPSA) is 59.4 Å². The minimum atomic E-state index is -0.972. The number of carbonyl (C=O) groups excluding carboxylic acids is 1. The molecule has 1 N–H and O–H groups in total. The fraction of sp³-hybridized carbons (Fsp3) is 0.500. The zero-order valence-corrected chi connectivity index (χ0v) is 10.3. The number of carbonyl (C=O) groups is 1. The van der Waals surface area contributed by atoms with Gasteiger partial charge in [-0.05, 0) is 30.9 Å². The highest BCUT2D eigenvalue weighted by molar-refractivity contribution is 6.29. The van der Waals surface area contributed by atoms with Gasteiger partial charge in [0.1, 0.15) is 10.6 Å². The van der Waals surface area contributed by atoms with Gasteiger partial charge in [-0.1, -0.05) is 17.7 Å². The number of aliphatic hydroxyl groups is 1. The summed E-state index contributed by atoms with van der Waals surface area (Å²) in [6, 6.07) is 3.40. The Labute approximate surface area is 105 Å². The molecule has 1 aromatic rings. The van der Waals surface area contributed by atoms with Crippen LogP contribution in [0, 0.1) is 0 Å². The summed E-state index contributed by atoms with van der Waals surface area (Å²) in [6.07, 6.45) is 2.14. The van der Waals surface area contributed by atoms with Gasteiger partial charge in [-0.15, -0.1) is 0 Å². The van der Waals surface area contributed by atoms with E-state index >= 15 is 0 Å². The summed E-state index contributed by atoms with van der Waals surface area (Å²) >= 11 is 5.84. The third kappa shape index (κ3) is 1.91. The van der Waals surface area contributed by atoms with Crippen LogP contribution in [0.15, 0.2) is 12.1 Å². The molecule has 0 spiro atoms. The highest BCUT2D eigenvalue weighted by Crippen LogP contribution is 2.37. The van der Waals surface area contributed by atoms with E-state index in [2.05, 4.69) is 4.98 Å². The van der Waals surface area contributed by atoms with Gasteiger partial charge in [-0.2, -0.15) is 0 Å². The number of rotatable bonds is 2. The monoisotopic (exact) mass is 255 g/mol. The Morgan fingerprint density at radius 1 is 1.65 bits per heavy atom. The van der Waals surface area contributed by atoms with E-state index in [0.29, 0.717) is 11.6 Å². The predicted molar refractivity (Wildman–Crippen MR) is 63.0 cm³/mol. The molecule has 17 heavy (non-hydrogen) atoms. The number of aromatic nitrogens is 1. The summed E-state index contributed by atoms with van der Waals surface area (Å²) in [6.45, 7) is -0.268. The molecule has 0 aromatic carbocycles. The lowest BCUT2D eigenvalue weighted by Crippen LogP contribution is -2.43. The summed E-state index contributed by atoms with van der Waals surface area (Å²) in [5, 5.41) is 10.0. The molecule has 5 heteroatoms. The number of halogens is 1. The SMILES string of the molecule is COC(=O)C1(CO)CCCc2nc(Cl)ccc21. The number of methoxy groups -OCH3 is 1. The minimum absolute atomic E-state index is 0.268.